The highest BCUT2D eigenvalue weighted by Gasteiger charge is 2.09. The monoisotopic (exact) mass is 381 g/mol. The van der Waals surface area contributed by atoms with Crippen LogP contribution in [0.15, 0.2) is 65.4 Å². The Labute approximate surface area is 158 Å². The number of hydrogen-bond donors (Lipinski definition) is 0. The summed E-state index contributed by atoms with van der Waals surface area (Å²) in [4.78, 5) is 17.5. The zero-order valence-corrected chi connectivity index (χ0v) is 15.4. The molecule has 4 rings (SSSR count). The Morgan fingerprint density at radius 1 is 1.00 bits per heavy atom. The maximum Gasteiger partial charge on any atom is 0.344 e. The normalized spacial score (nSPS) is 10.8. The topological polar surface area (TPSA) is 48.4 Å². The Hall–Kier alpha value is -2.70. The van der Waals surface area contributed by atoms with Gasteiger partial charge in [-0.2, -0.15) is 0 Å². The van der Waals surface area contributed by atoms with Gasteiger partial charge < -0.3 is 9.47 Å². The highest BCUT2D eigenvalue weighted by molar-refractivity contribution is 7.20. The van der Waals surface area contributed by atoms with Gasteiger partial charge in [0, 0.05) is 5.38 Å². The first-order chi connectivity index (χ1) is 12.8. The number of carbonyl (C=O) groups is 1. The van der Waals surface area contributed by atoms with Crippen LogP contribution in [0.4, 0.5) is 0 Å². The SMILES string of the molecule is O=C(COc1ccc2ccccc2c1)OCc1csc(-c2cccs2)n1. The first-order valence-electron chi connectivity index (χ1n) is 8.03. The van der Waals surface area contributed by atoms with Gasteiger partial charge in [0.15, 0.2) is 6.61 Å². The van der Waals surface area contributed by atoms with E-state index in [1.165, 1.54) is 0 Å². The number of esters is 1. The van der Waals surface area contributed by atoms with Crippen molar-refractivity contribution in [1.82, 2.24) is 4.98 Å². The Kier molecular flexibility index (Phi) is 4.95. The number of ether oxygens (including phenoxy) is 2. The van der Waals surface area contributed by atoms with E-state index in [0.717, 1.165) is 26.4 Å². The molecule has 0 N–H and O–H groups in total. The molecule has 0 unspecified atom stereocenters. The van der Waals surface area contributed by atoms with Crippen molar-refractivity contribution in [2.75, 3.05) is 6.61 Å². The summed E-state index contributed by atoms with van der Waals surface area (Å²) in [5, 5.41) is 7.07. The summed E-state index contributed by atoms with van der Waals surface area (Å²) in [6.07, 6.45) is 0. The lowest BCUT2D eigenvalue weighted by Crippen LogP contribution is -2.14. The van der Waals surface area contributed by atoms with E-state index in [9.17, 15) is 4.79 Å². The highest BCUT2D eigenvalue weighted by Crippen LogP contribution is 2.28. The molecular weight excluding hydrogens is 366 g/mol. The van der Waals surface area contributed by atoms with Gasteiger partial charge in [-0.05, 0) is 34.4 Å². The minimum atomic E-state index is -0.413. The smallest absolute Gasteiger partial charge is 0.344 e. The van der Waals surface area contributed by atoms with E-state index in [2.05, 4.69) is 4.98 Å². The predicted octanol–water partition coefficient (Wildman–Crippen LogP) is 5.15. The Morgan fingerprint density at radius 3 is 2.73 bits per heavy atom. The van der Waals surface area contributed by atoms with Gasteiger partial charge in [-0.15, -0.1) is 22.7 Å². The fourth-order valence-corrected chi connectivity index (χ4v) is 4.10. The van der Waals surface area contributed by atoms with Gasteiger partial charge in [0.1, 0.15) is 17.4 Å². The molecule has 2 aromatic heterocycles. The van der Waals surface area contributed by atoms with Crippen molar-refractivity contribution < 1.29 is 14.3 Å². The second-order valence-corrected chi connectivity index (χ2v) is 7.39. The van der Waals surface area contributed by atoms with E-state index in [1.807, 2.05) is 65.4 Å². The van der Waals surface area contributed by atoms with Gasteiger partial charge in [0.25, 0.3) is 0 Å². The van der Waals surface area contributed by atoms with Crippen molar-refractivity contribution in [3.8, 4) is 15.6 Å². The second-order valence-electron chi connectivity index (χ2n) is 5.58. The zero-order chi connectivity index (χ0) is 17.8. The number of hydrogen-bond acceptors (Lipinski definition) is 6. The molecule has 0 spiro atoms. The Morgan fingerprint density at radius 2 is 1.88 bits per heavy atom. The van der Waals surface area contributed by atoms with Crippen molar-refractivity contribution in [3.05, 3.63) is 71.1 Å². The van der Waals surface area contributed by atoms with Crippen molar-refractivity contribution in [2.24, 2.45) is 0 Å². The lowest BCUT2D eigenvalue weighted by atomic mass is 10.1. The molecule has 4 aromatic rings. The van der Waals surface area contributed by atoms with Crippen LogP contribution in [-0.4, -0.2) is 17.6 Å². The molecule has 0 atom stereocenters. The van der Waals surface area contributed by atoms with Gasteiger partial charge in [-0.3, -0.25) is 0 Å². The molecule has 26 heavy (non-hydrogen) atoms. The maximum atomic E-state index is 11.9. The van der Waals surface area contributed by atoms with Crippen LogP contribution < -0.4 is 4.74 Å². The first kappa shape index (κ1) is 16.8. The molecule has 130 valence electrons. The largest absolute Gasteiger partial charge is 0.482 e. The second kappa shape index (κ2) is 7.68. The Balaban J connectivity index is 1.30. The molecule has 6 heteroatoms. The average molecular weight is 381 g/mol. The number of fused-ring (bicyclic) bond motifs is 1. The lowest BCUT2D eigenvalue weighted by molar-refractivity contribution is -0.147. The number of nitrogens with zero attached hydrogens (tertiary/aromatic N) is 1. The van der Waals surface area contributed by atoms with Gasteiger partial charge >= 0.3 is 5.97 Å². The van der Waals surface area contributed by atoms with Gasteiger partial charge in [-0.25, -0.2) is 9.78 Å². The predicted molar refractivity (Wildman–Crippen MR) is 105 cm³/mol. The molecule has 0 saturated heterocycles. The molecule has 0 aliphatic rings. The summed E-state index contributed by atoms with van der Waals surface area (Å²) in [5.74, 6) is 0.234. The standard InChI is InChI=1S/C20H15NO3S2/c22-19(12-23-17-8-7-14-4-1-2-5-15(14)10-17)24-11-16-13-26-20(21-16)18-6-3-9-25-18/h1-10,13H,11-12H2. The van der Waals surface area contributed by atoms with Crippen LogP contribution in [0.3, 0.4) is 0 Å². The molecule has 0 aliphatic carbocycles. The van der Waals surface area contributed by atoms with Crippen molar-refractivity contribution >= 4 is 39.4 Å². The zero-order valence-electron chi connectivity index (χ0n) is 13.8. The van der Waals surface area contributed by atoms with E-state index in [0.29, 0.717) is 5.75 Å². The molecule has 4 nitrogen and oxygen atoms in total. The molecular formula is C20H15NO3S2. The number of benzene rings is 2. The van der Waals surface area contributed by atoms with Crippen LogP contribution >= 0.6 is 22.7 Å². The van der Waals surface area contributed by atoms with Crippen LogP contribution in [0.25, 0.3) is 20.7 Å². The lowest BCUT2D eigenvalue weighted by Gasteiger charge is -2.07. The summed E-state index contributed by atoms with van der Waals surface area (Å²) in [6.45, 7) is 0.0298. The number of rotatable bonds is 6. The summed E-state index contributed by atoms with van der Waals surface area (Å²) in [5.41, 5.74) is 0.748. The molecule has 0 fully saturated rings. The van der Waals surface area contributed by atoms with Gasteiger partial charge in [-0.1, -0.05) is 36.4 Å². The third kappa shape index (κ3) is 3.92. The summed E-state index contributed by atoms with van der Waals surface area (Å²) >= 11 is 3.19. The van der Waals surface area contributed by atoms with E-state index in [-0.39, 0.29) is 13.2 Å². The third-order valence-corrected chi connectivity index (χ3v) is 5.67. The molecule has 0 radical (unpaired) electrons. The average Bonchev–Trinajstić information content (AvgIpc) is 3.36. The third-order valence-electron chi connectivity index (χ3n) is 3.74. The van der Waals surface area contributed by atoms with Crippen LogP contribution in [0, 0.1) is 0 Å². The van der Waals surface area contributed by atoms with Crippen molar-refractivity contribution in [3.63, 3.8) is 0 Å². The highest BCUT2D eigenvalue weighted by atomic mass is 32.1. The molecule has 0 bridgehead atoms. The van der Waals surface area contributed by atoms with E-state index in [1.54, 1.807) is 22.7 Å². The quantitative estimate of drug-likeness (QED) is 0.434. The fraction of sp³-hybridized carbons (Fsp3) is 0.100. The number of carbonyl (C=O) groups excluding carboxylic acids is 1. The van der Waals surface area contributed by atoms with Crippen LogP contribution in [0.1, 0.15) is 5.69 Å². The van der Waals surface area contributed by atoms with E-state index >= 15 is 0 Å². The minimum Gasteiger partial charge on any atom is -0.482 e. The van der Waals surface area contributed by atoms with Crippen molar-refractivity contribution in [1.29, 1.82) is 0 Å². The number of thiophene rings is 1. The maximum absolute atomic E-state index is 11.9. The van der Waals surface area contributed by atoms with E-state index in [4.69, 9.17) is 9.47 Å². The van der Waals surface area contributed by atoms with Crippen LogP contribution in [0.2, 0.25) is 0 Å². The minimum absolute atomic E-state index is 0.125. The number of thiazole rings is 1. The Bertz CT molecular complexity index is 1020. The molecule has 0 saturated carbocycles. The summed E-state index contributed by atoms with van der Waals surface area (Å²) in [6, 6.07) is 17.7. The molecule has 2 aromatic carbocycles. The first-order valence-corrected chi connectivity index (χ1v) is 9.79. The summed E-state index contributed by atoms with van der Waals surface area (Å²) < 4.78 is 10.8. The molecule has 0 amide bonds. The molecule has 2 heterocycles. The molecule has 0 aliphatic heterocycles. The van der Waals surface area contributed by atoms with E-state index < -0.39 is 5.97 Å². The summed E-state index contributed by atoms with van der Waals surface area (Å²) in [7, 11) is 0. The fourth-order valence-electron chi connectivity index (χ4n) is 2.48. The van der Waals surface area contributed by atoms with Crippen LogP contribution in [0.5, 0.6) is 5.75 Å². The number of aromatic nitrogens is 1. The van der Waals surface area contributed by atoms with Crippen LogP contribution in [-0.2, 0) is 16.1 Å². The van der Waals surface area contributed by atoms with Gasteiger partial charge in [0.2, 0.25) is 0 Å². The van der Waals surface area contributed by atoms with Crippen molar-refractivity contribution in [2.45, 2.75) is 6.61 Å². The van der Waals surface area contributed by atoms with Gasteiger partial charge in [0.05, 0.1) is 10.6 Å².